The lowest BCUT2D eigenvalue weighted by molar-refractivity contribution is 0.140. The van der Waals surface area contributed by atoms with Gasteiger partial charge in [-0.2, -0.15) is 0 Å². The van der Waals surface area contributed by atoms with Gasteiger partial charge in [0, 0.05) is 12.5 Å². The maximum absolute atomic E-state index is 5.07. The SMILES string of the molecule is COCC(C)(C)C1=NCNN1. The number of amidine groups is 1. The molecule has 0 unspecified atom stereocenters. The quantitative estimate of drug-likeness (QED) is 0.611. The highest BCUT2D eigenvalue weighted by Gasteiger charge is 2.26. The van der Waals surface area contributed by atoms with Crippen molar-refractivity contribution in [2.45, 2.75) is 13.8 Å². The monoisotopic (exact) mass is 157 g/mol. The van der Waals surface area contributed by atoms with E-state index >= 15 is 0 Å². The second-order valence-corrected chi connectivity index (χ2v) is 3.28. The average molecular weight is 157 g/mol. The van der Waals surface area contributed by atoms with E-state index in [2.05, 4.69) is 29.7 Å². The fourth-order valence-electron chi connectivity index (χ4n) is 1.09. The Hall–Kier alpha value is -0.610. The Kier molecular flexibility index (Phi) is 2.46. The zero-order valence-corrected chi connectivity index (χ0v) is 7.27. The second kappa shape index (κ2) is 3.19. The van der Waals surface area contributed by atoms with Gasteiger partial charge in [0.15, 0.2) is 0 Å². The number of hydrazine groups is 1. The van der Waals surface area contributed by atoms with Crippen LogP contribution in [0.15, 0.2) is 4.99 Å². The topological polar surface area (TPSA) is 45.6 Å². The Morgan fingerprint density at radius 2 is 2.36 bits per heavy atom. The Bertz CT molecular complexity index is 165. The molecule has 1 rings (SSSR count). The summed E-state index contributed by atoms with van der Waals surface area (Å²) in [6.07, 6.45) is 0. The lowest BCUT2D eigenvalue weighted by Crippen LogP contribution is -2.41. The third kappa shape index (κ3) is 1.91. The fraction of sp³-hybridized carbons (Fsp3) is 0.857. The standard InChI is InChI=1S/C7H15N3O/c1-7(2,4-11-3)6-8-5-9-10-6/h9H,4-5H2,1-3H3,(H,8,10). The second-order valence-electron chi connectivity index (χ2n) is 3.28. The van der Waals surface area contributed by atoms with E-state index in [1.54, 1.807) is 7.11 Å². The number of nitrogens with zero attached hydrogens (tertiary/aromatic N) is 1. The molecular formula is C7H15N3O. The summed E-state index contributed by atoms with van der Waals surface area (Å²) >= 11 is 0. The molecule has 0 radical (unpaired) electrons. The summed E-state index contributed by atoms with van der Waals surface area (Å²) in [6.45, 7) is 5.52. The van der Waals surface area contributed by atoms with E-state index in [4.69, 9.17) is 4.74 Å². The number of hydrogen-bond donors (Lipinski definition) is 2. The number of rotatable bonds is 3. The van der Waals surface area contributed by atoms with Crippen LogP contribution in [0.5, 0.6) is 0 Å². The molecule has 2 N–H and O–H groups in total. The van der Waals surface area contributed by atoms with Crippen molar-refractivity contribution in [3.63, 3.8) is 0 Å². The van der Waals surface area contributed by atoms with Gasteiger partial charge in [-0.1, -0.05) is 13.8 Å². The van der Waals surface area contributed by atoms with E-state index in [9.17, 15) is 0 Å². The number of methoxy groups -OCH3 is 1. The maximum atomic E-state index is 5.07. The van der Waals surface area contributed by atoms with Gasteiger partial charge >= 0.3 is 0 Å². The molecule has 0 bridgehead atoms. The number of ether oxygens (including phenoxy) is 1. The lowest BCUT2D eigenvalue weighted by atomic mass is 9.93. The molecule has 64 valence electrons. The average Bonchev–Trinajstić information content (AvgIpc) is 2.37. The minimum atomic E-state index is -0.0156. The van der Waals surface area contributed by atoms with Crippen molar-refractivity contribution in [3.8, 4) is 0 Å². The summed E-state index contributed by atoms with van der Waals surface area (Å²) in [5.74, 6) is 0.972. The molecule has 0 aromatic carbocycles. The predicted molar refractivity (Wildman–Crippen MR) is 44.2 cm³/mol. The minimum Gasteiger partial charge on any atom is -0.384 e. The largest absolute Gasteiger partial charge is 0.384 e. The molecule has 1 aliphatic heterocycles. The van der Waals surface area contributed by atoms with Crippen LogP contribution in [0.25, 0.3) is 0 Å². The van der Waals surface area contributed by atoms with E-state index in [0.717, 1.165) is 5.84 Å². The van der Waals surface area contributed by atoms with Gasteiger partial charge in [-0.05, 0) is 0 Å². The van der Waals surface area contributed by atoms with Gasteiger partial charge in [-0.3, -0.25) is 4.99 Å². The molecule has 0 saturated heterocycles. The number of aliphatic imine (C=N–C) groups is 1. The van der Waals surface area contributed by atoms with Crippen LogP contribution in [0.3, 0.4) is 0 Å². The highest BCUT2D eigenvalue weighted by molar-refractivity contribution is 5.88. The molecule has 0 aromatic rings. The smallest absolute Gasteiger partial charge is 0.120 e. The van der Waals surface area contributed by atoms with Crippen molar-refractivity contribution >= 4 is 5.84 Å². The highest BCUT2D eigenvalue weighted by atomic mass is 16.5. The summed E-state index contributed by atoms with van der Waals surface area (Å²) in [5.41, 5.74) is 5.91. The van der Waals surface area contributed by atoms with Crippen LogP contribution in [0.1, 0.15) is 13.8 Å². The fourth-order valence-corrected chi connectivity index (χ4v) is 1.09. The summed E-state index contributed by atoms with van der Waals surface area (Å²) in [7, 11) is 1.70. The van der Waals surface area contributed by atoms with Crippen LogP contribution in [0.2, 0.25) is 0 Å². The van der Waals surface area contributed by atoms with Crippen molar-refractivity contribution < 1.29 is 4.74 Å². The molecule has 4 heteroatoms. The first-order chi connectivity index (χ1) is 5.17. The van der Waals surface area contributed by atoms with Crippen LogP contribution < -0.4 is 10.9 Å². The van der Waals surface area contributed by atoms with Crippen molar-refractivity contribution in [3.05, 3.63) is 0 Å². The highest BCUT2D eigenvalue weighted by Crippen LogP contribution is 2.17. The zero-order valence-electron chi connectivity index (χ0n) is 7.27. The van der Waals surface area contributed by atoms with E-state index < -0.39 is 0 Å². The molecular weight excluding hydrogens is 142 g/mol. The van der Waals surface area contributed by atoms with Crippen LogP contribution in [-0.4, -0.2) is 26.2 Å². The third-order valence-electron chi connectivity index (χ3n) is 1.67. The molecule has 0 spiro atoms. The van der Waals surface area contributed by atoms with Gasteiger partial charge in [0.2, 0.25) is 0 Å². The molecule has 0 saturated carbocycles. The van der Waals surface area contributed by atoms with Crippen LogP contribution in [0.4, 0.5) is 0 Å². The van der Waals surface area contributed by atoms with Crippen molar-refractivity contribution in [2.75, 3.05) is 20.4 Å². The van der Waals surface area contributed by atoms with Crippen LogP contribution in [-0.2, 0) is 4.74 Å². The van der Waals surface area contributed by atoms with Gasteiger partial charge in [0.1, 0.15) is 12.5 Å². The summed E-state index contributed by atoms with van der Waals surface area (Å²) in [6, 6.07) is 0. The van der Waals surface area contributed by atoms with Gasteiger partial charge in [-0.25, -0.2) is 5.43 Å². The summed E-state index contributed by atoms with van der Waals surface area (Å²) < 4.78 is 5.07. The van der Waals surface area contributed by atoms with E-state index in [1.165, 1.54) is 0 Å². The van der Waals surface area contributed by atoms with Gasteiger partial charge in [0.25, 0.3) is 0 Å². The Morgan fingerprint density at radius 1 is 1.64 bits per heavy atom. The van der Waals surface area contributed by atoms with Crippen LogP contribution in [0, 0.1) is 5.41 Å². The Labute approximate surface area is 67.0 Å². The molecule has 1 heterocycles. The van der Waals surface area contributed by atoms with Crippen molar-refractivity contribution in [1.82, 2.24) is 10.9 Å². The number of hydrogen-bond acceptors (Lipinski definition) is 4. The third-order valence-corrected chi connectivity index (χ3v) is 1.67. The Balaban J connectivity index is 2.55. The van der Waals surface area contributed by atoms with Crippen molar-refractivity contribution in [2.24, 2.45) is 10.4 Å². The molecule has 0 aliphatic carbocycles. The van der Waals surface area contributed by atoms with E-state index in [1.807, 2.05) is 0 Å². The first-order valence-corrected chi connectivity index (χ1v) is 3.69. The normalized spacial score (nSPS) is 17.9. The molecule has 1 aliphatic rings. The maximum Gasteiger partial charge on any atom is 0.120 e. The first kappa shape index (κ1) is 8.49. The Morgan fingerprint density at radius 3 is 2.82 bits per heavy atom. The summed E-state index contributed by atoms with van der Waals surface area (Å²) in [5, 5.41) is 0. The van der Waals surface area contributed by atoms with Gasteiger partial charge < -0.3 is 10.2 Å². The molecule has 11 heavy (non-hydrogen) atoms. The molecule has 0 amide bonds. The number of nitrogens with one attached hydrogen (secondary N) is 2. The molecule has 0 aromatic heterocycles. The first-order valence-electron chi connectivity index (χ1n) is 3.69. The minimum absolute atomic E-state index is 0.0156. The van der Waals surface area contributed by atoms with Crippen LogP contribution >= 0.6 is 0 Å². The zero-order chi connectivity index (χ0) is 8.32. The predicted octanol–water partition coefficient (Wildman–Crippen LogP) is 0.123. The molecule has 4 nitrogen and oxygen atoms in total. The summed E-state index contributed by atoms with van der Waals surface area (Å²) in [4.78, 5) is 4.24. The van der Waals surface area contributed by atoms with Gasteiger partial charge in [-0.15, -0.1) is 0 Å². The molecule has 0 fully saturated rings. The van der Waals surface area contributed by atoms with Crippen molar-refractivity contribution in [1.29, 1.82) is 0 Å². The van der Waals surface area contributed by atoms with E-state index in [0.29, 0.717) is 13.3 Å². The van der Waals surface area contributed by atoms with Gasteiger partial charge in [0.05, 0.1) is 6.61 Å². The van der Waals surface area contributed by atoms with E-state index in [-0.39, 0.29) is 5.41 Å². The lowest BCUT2D eigenvalue weighted by Gasteiger charge is -2.23. The molecule has 0 atom stereocenters.